The number of carbonyl (C=O) groups excluding carboxylic acids is 2. The van der Waals surface area contributed by atoms with E-state index in [0.717, 1.165) is 44.9 Å². The molecule has 0 saturated heterocycles. The van der Waals surface area contributed by atoms with Gasteiger partial charge in [-0.3, -0.25) is 9.59 Å². The lowest BCUT2D eigenvalue weighted by Gasteiger charge is -2.18. The number of fused-ring (bicyclic) bond motifs is 4. The SMILES string of the molecule is Cc1cccc2c(O)cc3c(c12)CCN3C(=O)c1cc2cc(NC(=O)c3ccc(N)cc3)ccc2[nH]1. The summed E-state index contributed by atoms with van der Waals surface area (Å²) in [6, 6.07) is 21.5. The zero-order chi connectivity index (χ0) is 25.0. The second-order valence-corrected chi connectivity index (χ2v) is 9.16. The lowest BCUT2D eigenvalue weighted by atomic mass is 9.97. The normalized spacial score (nSPS) is 12.8. The van der Waals surface area contributed by atoms with Gasteiger partial charge in [0.2, 0.25) is 0 Å². The standard InChI is InChI=1S/C29H24N4O3/c1-16-3-2-4-22-26(34)15-25-21(27(16)22)11-12-33(25)29(36)24-14-18-13-20(9-10-23(18)32-24)31-28(35)17-5-7-19(30)8-6-17/h2-10,13-15,32,34H,11-12,30H2,1H3,(H,31,35). The molecule has 0 saturated carbocycles. The van der Waals surface area contributed by atoms with Crippen LogP contribution in [0, 0.1) is 6.92 Å². The number of nitrogen functional groups attached to an aromatic ring is 1. The third-order valence-corrected chi connectivity index (χ3v) is 6.84. The van der Waals surface area contributed by atoms with E-state index in [1.165, 1.54) is 0 Å². The highest BCUT2D eigenvalue weighted by molar-refractivity contribution is 6.11. The first kappa shape index (κ1) is 21.7. The molecule has 7 nitrogen and oxygen atoms in total. The number of nitrogens with one attached hydrogen (secondary N) is 2. The molecule has 2 amide bonds. The predicted octanol–water partition coefficient (Wildman–Crippen LogP) is 5.37. The molecule has 7 heteroatoms. The number of hydrogen-bond donors (Lipinski definition) is 4. The third-order valence-electron chi connectivity index (χ3n) is 6.84. The van der Waals surface area contributed by atoms with Gasteiger partial charge < -0.3 is 26.0 Å². The molecule has 0 fully saturated rings. The van der Waals surface area contributed by atoms with Crippen molar-refractivity contribution in [1.29, 1.82) is 0 Å². The van der Waals surface area contributed by atoms with E-state index in [-0.39, 0.29) is 17.6 Å². The molecular weight excluding hydrogens is 452 g/mol. The van der Waals surface area contributed by atoms with Crippen LogP contribution in [0.1, 0.15) is 32.0 Å². The lowest BCUT2D eigenvalue weighted by Crippen LogP contribution is -2.29. The molecule has 178 valence electrons. The van der Waals surface area contributed by atoms with Gasteiger partial charge in [-0.05, 0) is 78.4 Å². The van der Waals surface area contributed by atoms with Crippen molar-refractivity contribution in [3.05, 3.63) is 95.2 Å². The fourth-order valence-corrected chi connectivity index (χ4v) is 5.06. The number of benzene rings is 4. The van der Waals surface area contributed by atoms with E-state index in [1.54, 1.807) is 47.4 Å². The minimum absolute atomic E-state index is 0.162. The van der Waals surface area contributed by atoms with Gasteiger partial charge in [0.25, 0.3) is 11.8 Å². The van der Waals surface area contributed by atoms with E-state index in [9.17, 15) is 14.7 Å². The Morgan fingerprint density at radius 2 is 1.83 bits per heavy atom. The fourth-order valence-electron chi connectivity index (χ4n) is 5.06. The summed E-state index contributed by atoms with van der Waals surface area (Å²) in [7, 11) is 0. The topological polar surface area (TPSA) is 111 Å². The molecule has 5 N–H and O–H groups in total. The number of amides is 2. The molecule has 5 aromatic rings. The van der Waals surface area contributed by atoms with Gasteiger partial charge in [-0.1, -0.05) is 18.2 Å². The van der Waals surface area contributed by atoms with Crippen molar-refractivity contribution in [3.8, 4) is 5.75 Å². The van der Waals surface area contributed by atoms with E-state index in [4.69, 9.17) is 5.73 Å². The van der Waals surface area contributed by atoms with Gasteiger partial charge in [-0.15, -0.1) is 0 Å². The first-order valence-electron chi connectivity index (χ1n) is 11.7. The Balaban J connectivity index is 1.29. The van der Waals surface area contributed by atoms with Crippen molar-refractivity contribution in [1.82, 2.24) is 4.98 Å². The Morgan fingerprint density at radius 3 is 2.64 bits per heavy atom. The quantitative estimate of drug-likeness (QED) is 0.262. The Morgan fingerprint density at radius 1 is 1.03 bits per heavy atom. The van der Waals surface area contributed by atoms with E-state index < -0.39 is 0 Å². The number of phenols is 1. The van der Waals surface area contributed by atoms with Crippen molar-refractivity contribution >= 4 is 50.6 Å². The summed E-state index contributed by atoms with van der Waals surface area (Å²) >= 11 is 0. The number of anilines is 3. The molecule has 1 aliphatic rings. The second kappa shape index (κ2) is 8.16. The number of phenolic OH excluding ortho intramolecular Hbond substituents is 1. The number of H-pyrrole nitrogens is 1. The van der Waals surface area contributed by atoms with Crippen LogP contribution in [-0.2, 0) is 6.42 Å². The maximum absolute atomic E-state index is 13.5. The van der Waals surface area contributed by atoms with Crippen molar-refractivity contribution in [2.24, 2.45) is 0 Å². The maximum Gasteiger partial charge on any atom is 0.274 e. The van der Waals surface area contributed by atoms with E-state index >= 15 is 0 Å². The molecule has 0 spiro atoms. The van der Waals surface area contributed by atoms with Crippen LogP contribution in [0.4, 0.5) is 17.1 Å². The summed E-state index contributed by atoms with van der Waals surface area (Å²) in [6.45, 7) is 2.56. The number of carbonyl (C=O) groups is 2. The molecule has 2 heterocycles. The number of nitrogens with zero attached hydrogens (tertiary/aromatic N) is 1. The van der Waals surface area contributed by atoms with Gasteiger partial charge in [0.1, 0.15) is 11.4 Å². The second-order valence-electron chi connectivity index (χ2n) is 9.16. The first-order valence-corrected chi connectivity index (χ1v) is 11.7. The molecular formula is C29H24N4O3. The molecule has 1 aliphatic heterocycles. The lowest BCUT2D eigenvalue weighted by molar-refractivity contribution is 0.0984. The molecule has 0 unspecified atom stereocenters. The van der Waals surface area contributed by atoms with Gasteiger partial charge in [-0.2, -0.15) is 0 Å². The van der Waals surface area contributed by atoms with Gasteiger partial charge in [0.05, 0.1) is 5.69 Å². The summed E-state index contributed by atoms with van der Waals surface area (Å²) < 4.78 is 0. The minimum Gasteiger partial charge on any atom is -0.507 e. The highest BCUT2D eigenvalue weighted by Crippen LogP contribution is 2.41. The van der Waals surface area contributed by atoms with Gasteiger partial charge >= 0.3 is 0 Å². The number of aromatic amines is 1. The third kappa shape index (κ3) is 3.53. The van der Waals surface area contributed by atoms with Gasteiger partial charge in [0.15, 0.2) is 0 Å². The highest BCUT2D eigenvalue weighted by Gasteiger charge is 2.29. The van der Waals surface area contributed by atoms with Crippen LogP contribution < -0.4 is 16.0 Å². The number of hydrogen-bond acceptors (Lipinski definition) is 4. The Bertz CT molecular complexity index is 1690. The molecule has 0 atom stereocenters. The number of aromatic hydroxyl groups is 1. The number of nitrogens with two attached hydrogens (primary N) is 1. The molecule has 36 heavy (non-hydrogen) atoms. The van der Waals surface area contributed by atoms with Crippen LogP contribution >= 0.6 is 0 Å². The monoisotopic (exact) mass is 476 g/mol. The van der Waals surface area contributed by atoms with E-state index in [0.29, 0.717) is 29.2 Å². The van der Waals surface area contributed by atoms with Crippen molar-refractivity contribution in [2.45, 2.75) is 13.3 Å². The summed E-state index contributed by atoms with van der Waals surface area (Å²) in [5, 5.41) is 16.2. The van der Waals surface area contributed by atoms with Crippen LogP contribution in [0.5, 0.6) is 5.75 Å². The van der Waals surface area contributed by atoms with Crippen LogP contribution in [0.3, 0.4) is 0 Å². The van der Waals surface area contributed by atoms with Gasteiger partial charge in [0, 0.05) is 45.8 Å². The zero-order valence-corrected chi connectivity index (χ0v) is 19.6. The summed E-state index contributed by atoms with van der Waals surface area (Å²) in [5.41, 5.74) is 11.6. The average Bonchev–Trinajstić information content (AvgIpc) is 3.48. The Labute approximate surface area is 207 Å². The van der Waals surface area contributed by atoms with Gasteiger partial charge in [-0.25, -0.2) is 0 Å². The van der Waals surface area contributed by atoms with Crippen LogP contribution in [0.15, 0.2) is 72.8 Å². The molecule has 0 bridgehead atoms. The average molecular weight is 477 g/mol. The Hall–Kier alpha value is -4.78. The number of rotatable bonds is 3. The maximum atomic E-state index is 13.5. The molecule has 0 radical (unpaired) electrons. The number of aromatic nitrogens is 1. The fraction of sp³-hybridized carbons (Fsp3) is 0.103. The van der Waals surface area contributed by atoms with E-state index in [1.807, 2.05) is 37.3 Å². The van der Waals surface area contributed by atoms with Crippen LogP contribution in [0.2, 0.25) is 0 Å². The summed E-state index contributed by atoms with van der Waals surface area (Å²) in [4.78, 5) is 31.0. The smallest absolute Gasteiger partial charge is 0.274 e. The van der Waals surface area contributed by atoms with Crippen LogP contribution in [0.25, 0.3) is 21.7 Å². The number of aryl methyl sites for hydroxylation is 1. The molecule has 1 aromatic heterocycles. The highest BCUT2D eigenvalue weighted by atomic mass is 16.3. The summed E-state index contributed by atoms with van der Waals surface area (Å²) in [6.07, 6.45) is 0.726. The van der Waals surface area contributed by atoms with Crippen molar-refractivity contribution in [3.63, 3.8) is 0 Å². The minimum atomic E-state index is -0.239. The largest absolute Gasteiger partial charge is 0.507 e. The molecule has 6 rings (SSSR count). The summed E-state index contributed by atoms with van der Waals surface area (Å²) in [5.74, 6) is -0.229. The Kier molecular flexibility index (Phi) is 4.93. The molecule has 4 aromatic carbocycles. The zero-order valence-electron chi connectivity index (χ0n) is 19.6. The first-order chi connectivity index (χ1) is 17.4. The van der Waals surface area contributed by atoms with Crippen LogP contribution in [-0.4, -0.2) is 28.4 Å². The van der Waals surface area contributed by atoms with Crippen molar-refractivity contribution in [2.75, 3.05) is 22.5 Å². The predicted molar refractivity (Wildman–Crippen MR) is 143 cm³/mol. The van der Waals surface area contributed by atoms with Crippen molar-refractivity contribution < 1.29 is 14.7 Å². The van der Waals surface area contributed by atoms with E-state index in [2.05, 4.69) is 10.3 Å². The molecule has 0 aliphatic carbocycles.